The van der Waals surface area contributed by atoms with Gasteiger partial charge in [0.15, 0.2) is 0 Å². The van der Waals surface area contributed by atoms with Crippen molar-refractivity contribution in [2.24, 2.45) is 34.5 Å². The van der Waals surface area contributed by atoms with Crippen LogP contribution in [0.25, 0.3) is 0 Å². The first-order valence-electron chi connectivity index (χ1n) is 13.8. The van der Waals surface area contributed by atoms with E-state index in [1.54, 1.807) is 0 Å². The predicted octanol–water partition coefficient (Wildman–Crippen LogP) is 6.63. The third-order valence-electron chi connectivity index (χ3n) is 10.6. The van der Waals surface area contributed by atoms with Crippen LogP contribution in [0.3, 0.4) is 0 Å². The fourth-order valence-corrected chi connectivity index (χ4v) is 8.97. The number of carbonyl (C=O) groups is 2. The van der Waals surface area contributed by atoms with Gasteiger partial charge >= 0.3 is 5.97 Å². The fraction of sp³-hybridized carbons (Fsp3) is 0.733. The lowest BCUT2D eigenvalue weighted by Crippen LogP contribution is -2.63. The highest BCUT2D eigenvalue weighted by molar-refractivity contribution is 5.80. The van der Waals surface area contributed by atoms with Crippen LogP contribution in [-0.2, 0) is 9.59 Å². The summed E-state index contributed by atoms with van der Waals surface area (Å²) < 4.78 is 5.42. The smallest absolute Gasteiger partial charge is 0.311 e. The zero-order chi connectivity index (χ0) is 23.9. The highest BCUT2D eigenvalue weighted by Crippen LogP contribution is 2.65. The Bertz CT molecular complexity index is 900. The predicted molar refractivity (Wildman–Crippen MR) is 134 cm³/mol. The maximum Gasteiger partial charge on any atom is 0.311 e. The number of ether oxygens (including phenoxy) is 1. The van der Waals surface area contributed by atoms with E-state index in [4.69, 9.17) is 4.74 Å². The summed E-state index contributed by atoms with van der Waals surface area (Å²) in [5.41, 5.74) is 0.820. The molecule has 4 aliphatic rings. The summed E-state index contributed by atoms with van der Waals surface area (Å²) in [5.74, 6) is 3.40. The highest BCUT2D eigenvalue weighted by Gasteiger charge is 2.60. The lowest BCUT2D eigenvalue weighted by molar-refractivity contribution is -0.166. The summed E-state index contributed by atoms with van der Waals surface area (Å²) in [6.07, 6.45) is 13.5. The number of hydrogen-bond donors (Lipinski definition) is 0. The van der Waals surface area contributed by atoms with Crippen molar-refractivity contribution in [1.82, 2.24) is 4.90 Å². The van der Waals surface area contributed by atoms with Gasteiger partial charge in [-0.2, -0.15) is 0 Å². The minimum Gasteiger partial charge on any atom is -0.427 e. The van der Waals surface area contributed by atoms with Crippen LogP contribution in [-0.4, -0.2) is 29.9 Å². The Morgan fingerprint density at radius 3 is 2.62 bits per heavy atom. The maximum absolute atomic E-state index is 13.3. The monoisotopic (exact) mass is 465 g/mol. The maximum atomic E-state index is 13.3. The van der Waals surface area contributed by atoms with E-state index in [-0.39, 0.29) is 17.3 Å². The first kappa shape index (κ1) is 23.9. The van der Waals surface area contributed by atoms with Gasteiger partial charge < -0.3 is 9.64 Å². The number of piperidine rings is 1. The Kier molecular flexibility index (Phi) is 6.54. The van der Waals surface area contributed by atoms with Gasteiger partial charge in [-0.15, -0.1) is 0 Å². The average molecular weight is 466 g/mol. The second-order valence-electron chi connectivity index (χ2n) is 12.4. The molecule has 0 radical (unpaired) electrons. The molecule has 1 aromatic rings. The SMILES string of the molecule is CN1C(=O)C(CCCCC(=O)Oc2ccccc2)C[C@@]2(C)C1CC[C@@H]1[C@H]2CC[C@]2(C)CCC[C@@H]12. The molecule has 3 aliphatic carbocycles. The minimum absolute atomic E-state index is 0.104. The van der Waals surface area contributed by atoms with Crippen molar-refractivity contribution in [3.05, 3.63) is 30.3 Å². The molecule has 4 fully saturated rings. The number of carbonyl (C=O) groups excluding carboxylic acids is 2. The van der Waals surface area contributed by atoms with Crippen LogP contribution in [0.4, 0.5) is 0 Å². The van der Waals surface area contributed by atoms with Crippen LogP contribution in [0.1, 0.15) is 90.9 Å². The largest absolute Gasteiger partial charge is 0.427 e. The molecule has 1 heterocycles. The van der Waals surface area contributed by atoms with E-state index in [1.165, 1.54) is 44.9 Å². The molecule has 2 unspecified atom stereocenters. The van der Waals surface area contributed by atoms with E-state index in [2.05, 4.69) is 25.8 Å². The molecule has 0 bridgehead atoms. The minimum atomic E-state index is -0.178. The average Bonchev–Trinajstić information content (AvgIpc) is 3.22. The van der Waals surface area contributed by atoms with E-state index >= 15 is 0 Å². The van der Waals surface area contributed by atoms with E-state index in [0.29, 0.717) is 29.5 Å². The Labute approximate surface area is 205 Å². The molecule has 1 aromatic carbocycles. The van der Waals surface area contributed by atoms with Crippen LogP contribution in [0.5, 0.6) is 5.75 Å². The van der Waals surface area contributed by atoms with Crippen LogP contribution >= 0.6 is 0 Å². The van der Waals surface area contributed by atoms with E-state index in [0.717, 1.165) is 43.4 Å². The summed E-state index contributed by atoms with van der Waals surface area (Å²) in [6.45, 7) is 5.09. The van der Waals surface area contributed by atoms with Crippen LogP contribution in [0.2, 0.25) is 0 Å². The number of nitrogens with zero attached hydrogens (tertiary/aromatic N) is 1. The molecule has 0 spiro atoms. The number of likely N-dealkylation sites (tertiary alicyclic amines) is 1. The number of amides is 1. The Morgan fingerprint density at radius 1 is 1.03 bits per heavy atom. The topological polar surface area (TPSA) is 46.6 Å². The zero-order valence-electron chi connectivity index (χ0n) is 21.4. The molecule has 0 aromatic heterocycles. The van der Waals surface area contributed by atoms with Crippen molar-refractivity contribution in [2.45, 2.75) is 96.9 Å². The molecule has 0 N–H and O–H groups in total. The Morgan fingerprint density at radius 2 is 1.82 bits per heavy atom. The molecule has 1 saturated heterocycles. The number of para-hydroxylation sites is 1. The van der Waals surface area contributed by atoms with Crippen molar-refractivity contribution in [2.75, 3.05) is 7.05 Å². The van der Waals surface area contributed by atoms with Crippen LogP contribution in [0.15, 0.2) is 30.3 Å². The van der Waals surface area contributed by atoms with Gasteiger partial charge in [-0.1, -0.05) is 44.9 Å². The molecule has 1 aliphatic heterocycles. The molecule has 186 valence electrons. The summed E-state index contributed by atoms with van der Waals surface area (Å²) in [7, 11) is 2.07. The number of benzene rings is 1. The van der Waals surface area contributed by atoms with Gasteiger partial charge in [-0.25, -0.2) is 0 Å². The zero-order valence-corrected chi connectivity index (χ0v) is 21.4. The van der Waals surface area contributed by atoms with Gasteiger partial charge in [0.1, 0.15) is 5.75 Å². The summed E-state index contributed by atoms with van der Waals surface area (Å²) >= 11 is 0. The quantitative estimate of drug-likeness (QED) is 0.269. The van der Waals surface area contributed by atoms with Gasteiger partial charge in [0.05, 0.1) is 0 Å². The Hall–Kier alpha value is -1.84. The number of esters is 1. The van der Waals surface area contributed by atoms with Crippen molar-refractivity contribution in [3.63, 3.8) is 0 Å². The fourth-order valence-electron chi connectivity index (χ4n) is 8.97. The van der Waals surface area contributed by atoms with Crippen molar-refractivity contribution in [3.8, 4) is 5.75 Å². The number of rotatable bonds is 6. The van der Waals surface area contributed by atoms with E-state index in [1.807, 2.05) is 30.3 Å². The molecule has 4 heteroatoms. The van der Waals surface area contributed by atoms with Gasteiger partial charge in [0.2, 0.25) is 5.91 Å². The lowest BCUT2D eigenvalue weighted by Gasteiger charge is -2.62. The summed E-state index contributed by atoms with van der Waals surface area (Å²) in [6, 6.07) is 9.68. The Balaban J connectivity index is 1.19. The first-order chi connectivity index (χ1) is 16.3. The van der Waals surface area contributed by atoms with Gasteiger partial charge in [0, 0.05) is 25.4 Å². The van der Waals surface area contributed by atoms with E-state index in [9.17, 15) is 9.59 Å². The van der Waals surface area contributed by atoms with Crippen molar-refractivity contribution >= 4 is 11.9 Å². The van der Waals surface area contributed by atoms with Gasteiger partial charge in [-0.3, -0.25) is 9.59 Å². The number of hydrogen-bond acceptors (Lipinski definition) is 3. The van der Waals surface area contributed by atoms with Crippen LogP contribution in [0, 0.1) is 34.5 Å². The van der Waals surface area contributed by atoms with E-state index < -0.39 is 0 Å². The molecule has 7 atom stereocenters. The third-order valence-corrected chi connectivity index (χ3v) is 10.6. The molecular weight excluding hydrogens is 422 g/mol. The summed E-state index contributed by atoms with van der Waals surface area (Å²) in [4.78, 5) is 27.7. The normalized spacial score (nSPS) is 39.2. The van der Waals surface area contributed by atoms with Crippen molar-refractivity contribution < 1.29 is 14.3 Å². The second-order valence-corrected chi connectivity index (χ2v) is 12.4. The molecule has 34 heavy (non-hydrogen) atoms. The molecule has 1 amide bonds. The van der Waals surface area contributed by atoms with Gasteiger partial charge in [-0.05, 0) is 98.5 Å². The highest BCUT2D eigenvalue weighted by atomic mass is 16.5. The van der Waals surface area contributed by atoms with Gasteiger partial charge in [0.25, 0.3) is 0 Å². The van der Waals surface area contributed by atoms with Crippen molar-refractivity contribution in [1.29, 1.82) is 0 Å². The number of unbranched alkanes of at least 4 members (excludes halogenated alkanes) is 1. The molecule has 3 saturated carbocycles. The third kappa shape index (κ3) is 4.20. The standard InChI is InChI=1S/C30H43NO3/c1-29-18-9-13-24(29)23-15-16-26-30(2,25(23)17-19-29)20-21(28(33)31(26)3)10-7-8-14-27(32)34-22-11-5-4-6-12-22/h4-6,11-12,21,23-26H,7-10,13-20H2,1-3H3/t21?,23-,24-,25+,26?,29-,30+/m0/s1. The molecular formula is C30H43NO3. The second kappa shape index (κ2) is 9.32. The number of fused-ring (bicyclic) bond motifs is 5. The molecule has 5 rings (SSSR count). The molecule has 4 nitrogen and oxygen atoms in total. The first-order valence-corrected chi connectivity index (χ1v) is 13.8. The van der Waals surface area contributed by atoms with Crippen LogP contribution < -0.4 is 4.74 Å². The lowest BCUT2D eigenvalue weighted by atomic mass is 9.47. The summed E-state index contributed by atoms with van der Waals surface area (Å²) in [5, 5.41) is 0.